The number of aryl methyl sites for hydroxylation is 2. The summed E-state index contributed by atoms with van der Waals surface area (Å²) >= 11 is 6.51. The van der Waals surface area contributed by atoms with Crippen LogP contribution in [0.15, 0.2) is 65.6 Å². The molecule has 6 nitrogen and oxygen atoms in total. The fourth-order valence-electron chi connectivity index (χ4n) is 3.64. The number of hydrogen-bond acceptors (Lipinski definition) is 4. The molecule has 7 heteroatoms. The molecule has 3 heterocycles. The van der Waals surface area contributed by atoms with E-state index in [-0.39, 0.29) is 5.56 Å². The van der Waals surface area contributed by atoms with E-state index in [1.807, 2.05) is 55.5 Å². The average Bonchev–Trinajstić information content (AvgIpc) is 3.10. The van der Waals surface area contributed by atoms with E-state index in [0.29, 0.717) is 45.3 Å². The smallest absolute Gasteiger partial charge is 0.262 e. The van der Waals surface area contributed by atoms with Crippen LogP contribution in [0, 0.1) is 13.8 Å². The predicted octanol–water partition coefficient (Wildman–Crippen LogP) is 4.42. The lowest BCUT2D eigenvalue weighted by molar-refractivity contribution is 0.766. The van der Waals surface area contributed by atoms with E-state index in [0.717, 1.165) is 5.56 Å². The highest BCUT2D eigenvalue weighted by molar-refractivity contribution is 6.33. The van der Waals surface area contributed by atoms with E-state index < -0.39 is 0 Å². The normalized spacial score (nSPS) is 11.4. The summed E-state index contributed by atoms with van der Waals surface area (Å²) in [6, 6.07) is 17.4. The van der Waals surface area contributed by atoms with E-state index in [2.05, 4.69) is 15.1 Å². The summed E-state index contributed by atoms with van der Waals surface area (Å²) in [7, 11) is 0. The third kappa shape index (κ3) is 3.06. The van der Waals surface area contributed by atoms with E-state index >= 15 is 0 Å². The van der Waals surface area contributed by atoms with Gasteiger partial charge < -0.3 is 4.57 Å². The second kappa shape index (κ2) is 7.07. The fraction of sp³-hybridized carbons (Fsp3) is 0.130. The van der Waals surface area contributed by atoms with Crippen LogP contribution in [0.4, 0.5) is 0 Å². The Morgan fingerprint density at radius 1 is 0.967 bits per heavy atom. The average molecular weight is 416 g/mol. The highest BCUT2D eigenvalue weighted by Gasteiger charge is 2.19. The summed E-state index contributed by atoms with van der Waals surface area (Å²) in [6.07, 6.45) is 1.77. The van der Waals surface area contributed by atoms with E-state index in [1.54, 1.807) is 28.3 Å². The standard InChI is InChI=1S/C23H18ClN5O/c1-14-7-9-16(10-8-14)13-28-12-11-19-20(22(28)30)21(17-5-3-4-6-18(17)24)29-23(26-19)25-15(2)27-29/h3-12H,13H2,1-2H3. The van der Waals surface area contributed by atoms with Gasteiger partial charge in [0.2, 0.25) is 0 Å². The summed E-state index contributed by atoms with van der Waals surface area (Å²) in [5.41, 5.74) is 3.96. The zero-order valence-corrected chi connectivity index (χ0v) is 17.3. The highest BCUT2D eigenvalue weighted by atomic mass is 35.5. The third-order valence-corrected chi connectivity index (χ3v) is 5.44. The summed E-state index contributed by atoms with van der Waals surface area (Å²) in [5, 5.41) is 5.48. The third-order valence-electron chi connectivity index (χ3n) is 5.11. The van der Waals surface area contributed by atoms with Gasteiger partial charge in [0, 0.05) is 16.8 Å². The first-order valence-corrected chi connectivity index (χ1v) is 9.96. The summed E-state index contributed by atoms with van der Waals surface area (Å²) < 4.78 is 3.29. The van der Waals surface area contributed by atoms with Gasteiger partial charge >= 0.3 is 0 Å². The van der Waals surface area contributed by atoms with E-state index in [9.17, 15) is 4.79 Å². The van der Waals surface area contributed by atoms with Gasteiger partial charge in [0.15, 0.2) is 0 Å². The molecule has 0 unspecified atom stereocenters. The van der Waals surface area contributed by atoms with Crippen molar-refractivity contribution < 1.29 is 0 Å². The molecule has 0 spiro atoms. The van der Waals surface area contributed by atoms with Gasteiger partial charge in [-0.25, -0.2) is 4.98 Å². The lowest BCUT2D eigenvalue weighted by Crippen LogP contribution is -2.22. The Hall–Kier alpha value is -3.51. The molecule has 0 radical (unpaired) electrons. The maximum absolute atomic E-state index is 13.6. The van der Waals surface area contributed by atoms with E-state index in [4.69, 9.17) is 11.6 Å². The van der Waals surface area contributed by atoms with Crippen molar-refractivity contribution >= 4 is 28.3 Å². The van der Waals surface area contributed by atoms with Gasteiger partial charge in [-0.2, -0.15) is 9.50 Å². The molecule has 5 rings (SSSR count). The van der Waals surface area contributed by atoms with Crippen LogP contribution in [0.5, 0.6) is 0 Å². The number of halogens is 1. The molecule has 0 bridgehead atoms. The van der Waals surface area contributed by atoms with Crippen LogP contribution in [0.2, 0.25) is 5.02 Å². The maximum atomic E-state index is 13.6. The molecule has 148 valence electrons. The van der Waals surface area contributed by atoms with Gasteiger partial charge in [0.1, 0.15) is 5.82 Å². The molecule has 0 aliphatic rings. The minimum atomic E-state index is -0.148. The minimum absolute atomic E-state index is 0.148. The number of pyridine rings is 1. The molecule has 3 aromatic heterocycles. The lowest BCUT2D eigenvalue weighted by Gasteiger charge is -2.12. The van der Waals surface area contributed by atoms with E-state index in [1.165, 1.54) is 5.56 Å². The van der Waals surface area contributed by atoms with Crippen molar-refractivity contribution in [2.24, 2.45) is 0 Å². The van der Waals surface area contributed by atoms with Crippen LogP contribution in [-0.4, -0.2) is 24.1 Å². The molecule has 0 amide bonds. The molecule has 0 atom stereocenters. The van der Waals surface area contributed by atoms with Gasteiger partial charge in [-0.15, -0.1) is 5.10 Å². The molecule has 0 aliphatic carbocycles. The van der Waals surface area contributed by atoms with Gasteiger partial charge in [-0.3, -0.25) is 4.79 Å². The zero-order valence-electron chi connectivity index (χ0n) is 16.5. The largest absolute Gasteiger partial charge is 0.310 e. The molecule has 5 aromatic rings. The molecule has 0 aliphatic heterocycles. The highest BCUT2D eigenvalue weighted by Crippen LogP contribution is 2.31. The van der Waals surface area contributed by atoms with Gasteiger partial charge in [-0.05, 0) is 31.5 Å². The summed E-state index contributed by atoms with van der Waals surface area (Å²) in [6.45, 7) is 4.30. The van der Waals surface area contributed by atoms with Crippen molar-refractivity contribution in [1.29, 1.82) is 0 Å². The first-order valence-electron chi connectivity index (χ1n) is 9.58. The van der Waals surface area contributed by atoms with Crippen LogP contribution in [-0.2, 0) is 6.54 Å². The molecule has 0 fully saturated rings. The van der Waals surface area contributed by atoms with Crippen LogP contribution in [0.25, 0.3) is 27.9 Å². The Morgan fingerprint density at radius 2 is 1.73 bits per heavy atom. The predicted molar refractivity (Wildman–Crippen MR) is 118 cm³/mol. The van der Waals surface area contributed by atoms with Gasteiger partial charge in [-0.1, -0.05) is 59.6 Å². The molecular formula is C23H18ClN5O. The second-order valence-electron chi connectivity index (χ2n) is 7.31. The Morgan fingerprint density at radius 3 is 2.50 bits per heavy atom. The number of hydrogen-bond donors (Lipinski definition) is 0. The number of benzene rings is 2. The summed E-state index contributed by atoms with van der Waals surface area (Å²) in [5.74, 6) is 1.01. The maximum Gasteiger partial charge on any atom is 0.262 e. The van der Waals surface area contributed by atoms with Crippen molar-refractivity contribution in [1.82, 2.24) is 24.1 Å². The first kappa shape index (κ1) is 18.5. The molecule has 0 saturated heterocycles. The Balaban J connectivity index is 1.82. The number of fused-ring (bicyclic) bond motifs is 2. The van der Waals surface area contributed by atoms with Crippen LogP contribution in [0.3, 0.4) is 0 Å². The topological polar surface area (TPSA) is 65.1 Å². The quantitative estimate of drug-likeness (QED) is 0.437. The fourth-order valence-corrected chi connectivity index (χ4v) is 3.86. The van der Waals surface area contributed by atoms with Crippen molar-refractivity contribution in [2.75, 3.05) is 0 Å². The number of nitrogens with zero attached hydrogens (tertiary/aromatic N) is 5. The molecule has 2 aromatic carbocycles. The van der Waals surface area contributed by atoms with Gasteiger partial charge in [0.25, 0.3) is 11.3 Å². The number of aromatic nitrogens is 5. The molecule has 0 N–H and O–H groups in total. The second-order valence-corrected chi connectivity index (χ2v) is 7.71. The summed E-state index contributed by atoms with van der Waals surface area (Å²) in [4.78, 5) is 22.5. The number of rotatable bonds is 3. The van der Waals surface area contributed by atoms with Gasteiger partial charge in [0.05, 0.1) is 23.1 Å². The van der Waals surface area contributed by atoms with Crippen molar-refractivity contribution in [3.8, 4) is 11.3 Å². The lowest BCUT2D eigenvalue weighted by atomic mass is 10.1. The zero-order chi connectivity index (χ0) is 20.8. The van der Waals surface area contributed by atoms with Crippen LogP contribution >= 0.6 is 11.6 Å². The van der Waals surface area contributed by atoms with Crippen molar-refractivity contribution in [3.63, 3.8) is 0 Å². The minimum Gasteiger partial charge on any atom is -0.310 e. The SMILES string of the molecule is Cc1ccc(Cn2ccc3nc4nc(C)nn4c(-c4ccccc4Cl)c3c2=O)cc1. The monoisotopic (exact) mass is 415 g/mol. The van der Waals surface area contributed by atoms with Crippen LogP contribution < -0.4 is 5.56 Å². The first-order chi connectivity index (χ1) is 14.5. The van der Waals surface area contributed by atoms with Crippen molar-refractivity contribution in [3.05, 3.63) is 93.1 Å². The Kier molecular flexibility index (Phi) is 4.37. The Bertz CT molecular complexity index is 1470. The molecule has 30 heavy (non-hydrogen) atoms. The molecule has 0 saturated carbocycles. The van der Waals surface area contributed by atoms with Crippen LogP contribution in [0.1, 0.15) is 17.0 Å². The Labute approximate surface area is 177 Å². The van der Waals surface area contributed by atoms with Crippen molar-refractivity contribution in [2.45, 2.75) is 20.4 Å². The molecular weight excluding hydrogens is 398 g/mol.